The van der Waals surface area contributed by atoms with E-state index in [-0.39, 0.29) is 21.0 Å². The summed E-state index contributed by atoms with van der Waals surface area (Å²) in [4.78, 5) is 3.60. The Bertz CT molecular complexity index is 578. The van der Waals surface area contributed by atoms with Crippen molar-refractivity contribution >= 4 is 31.2 Å². The molecule has 146 valence electrons. The molecule has 0 aromatic heterocycles. The molecule has 0 unspecified atom stereocenters. The Hall–Kier alpha value is -0.801. The van der Waals surface area contributed by atoms with Gasteiger partial charge in [-0.3, -0.25) is 0 Å². The van der Waals surface area contributed by atoms with E-state index in [0.717, 1.165) is 31.4 Å². The Balaban J connectivity index is 3.22. The Morgan fingerprint density at radius 1 is 1.23 bits per heavy atom. The average Bonchev–Trinajstić information content (AvgIpc) is 2.67. The molecule has 0 fully saturated rings. The predicted molar refractivity (Wildman–Crippen MR) is 116 cm³/mol. The van der Waals surface area contributed by atoms with E-state index in [9.17, 15) is 0 Å². The summed E-state index contributed by atoms with van der Waals surface area (Å²) in [5.74, 6) is 0.986. The normalized spacial score (nSPS) is 14.3. The molecule has 0 aliphatic carbocycles. The monoisotopic (exact) mass is 443 g/mol. The second kappa shape index (κ2) is 13.4. The number of hydrogen-bond donors (Lipinski definition) is 0. The van der Waals surface area contributed by atoms with Crippen molar-refractivity contribution in [3.05, 3.63) is 34.2 Å². The van der Waals surface area contributed by atoms with Gasteiger partial charge in [0.15, 0.2) is 0 Å². The summed E-state index contributed by atoms with van der Waals surface area (Å²) in [5, 5.41) is 4.64. The van der Waals surface area contributed by atoms with E-state index in [4.69, 9.17) is 10.3 Å². The summed E-state index contributed by atoms with van der Waals surface area (Å²) in [5.41, 5.74) is 10.5. The number of ether oxygens (including phenoxy) is 1. The minimum atomic E-state index is 0.0915. The molecule has 6 heteroatoms. The molecule has 0 aliphatic heterocycles. The standard InChI is InChI=1S/C20H33N3OSSe/c1-6-8-12-17(22-23-21)19(14-9-7-2)26-20-16(15(3)25-5)11-10-13-18(20)24-4/h10-11,13,15,17,19H,6-9,12,14H2,1-5H3/t15-,17+,19-/m0/s1. The second-order valence-corrected chi connectivity index (χ2v) is 10.3. The summed E-state index contributed by atoms with van der Waals surface area (Å²) in [7, 11) is 1.76. The third kappa shape index (κ3) is 7.07. The first kappa shape index (κ1) is 23.2. The summed E-state index contributed by atoms with van der Waals surface area (Å²) in [6.07, 6.45) is 8.85. The number of azide groups is 1. The zero-order chi connectivity index (χ0) is 19.4. The van der Waals surface area contributed by atoms with E-state index < -0.39 is 0 Å². The molecule has 0 saturated heterocycles. The van der Waals surface area contributed by atoms with Gasteiger partial charge in [0, 0.05) is 0 Å². The molecule has 0 bridgehead atoms. The molecule has 3 atom stereocenters. The van der Waals surface area contributed by atoms with Crippen molar-refractivity contribution < 1.29 is 4.74 Å². The van der Waals surface area contributed by atoms with Gasteiger partial charge in [-0.2, -0.15) is 0 Å². The van der Waals surface area contributed by atoms with Gasteiger partial charge in [0.2, 0.25) is 0 Å². The van der Waals surface area contributed by atoms with Crippen molar-refractivity contribution in [2.45, 2.75) is 75.4 Å². The van der Waals surface area contributed by atoms with Gasteiger partial charge in [0.25, 0.3) is 0 Å². The maximum atomic E-state index is 9.10. The van der Waals surface area contributed by atoms with Crippen molar-refractivity contribution in [1.82, 2.24) is 0 Å². The average molecular weight is 443 g/mol. The van der Waals surface area contributed by atoms with E-state index in [1.807, 2.05) is 11.8 Å². The summed E-state index contributed by atoms with van der Waals surface area (Å²) < 4.78 is 7.06. The molecule has 1 aromatic carbocycles. The van der Waals surface area contributed by atoms with Gasteiger partial charge >= 0.3 is 170 Å². The van der Waals surface area contributed by atoms with Gasteiger partial charge in [-0.05, 0) is 0 Å². The van der Waals surface area contributed by atoms with Gasteiger partial charge < -0.3 is 0 Å². The van der Waals surface area contributed by atoms with Gasteiger partial charge in [-0.15, -0.1) is 0 Å². The van der Waals surface area contributed by atoms with Crippen molar-refractivity contribution in [2.24, 2.45) is 5.11 Å². The number of rotatable bonds is 13. The molecule has 0 spiro atoms. The van der Waals surface area contributed by atoms with Crippen LogP contribution < -0.4 is 9.20 Å². The van der Waals surface area contributed by atoms with Crippen LogP contribution in [0.25, 0.3) is 10.4 Å². The molecule has 26 heavy (non-hydrogen) atoms. The quantitative estimate of drug-likeness (QED) is 0.156. The molecule has 0 aliphatic rings. The van der Waals surface area contributed by atoms with Crippen LogP contribution in [0.4, 0.5) is 0 Å². The van der Waals surface area contributed by atoms with Crippen LogP contribution in [0, 0.1) is 0 Å². The molecule has 0 heterocycles. The zero-order valence-electron chi connectivity index (χ0n) is 16.8. The predicted octanol–water partition coefficient (Wildman–Crippen LogP) is 6.30. The van der Waals surface area contributed by atoms with E-state index in [1.54, 1.807) is 7.11 Å². The van der Waals surface area contributed by atoms with Crippen molar-refractivity contribution in [2.75, 3.05) is 13.4 Å². The second-order valence-electron chi connectivity index (χ2n) is 6.47. The molecule has 4 nitrogen and oxygen atoms in total. The van der Waals surface area contributed by atoms with Crippen LogP contribution in [0.15, 0.2) is 23.3 Å². The number of methoxy groups -OCH3 is 1. The Morgan fingerprint density at radius 2 is 1.92 bits per heavy atom. The first-order chi connectivity index (χ1) is 12.6. The fraction of sp³-hybridized carbons (Fsp3) is 0.700. The number of thioether (sulfide) groups is 1. The topological polar surface area (TPSA) is 58.0 Å². The Labute approximate surface area is 169 Å². The van der Waals surface area contributed by atoms with Crippen LogP contribution in [-0.4, -0.2) is 34.4 Å². The van der Waals surface area contributed by atoms with Gasteiger partial charge in [0.05, 0.1) is 0 Å². The maximum absolute atomic E-state index is 9.10. The molecule has 0 amide bonds. The molecule has 1 aromatic rings. The Kier molecular flexibility index (Phi) is 12.0. The molecule has 0 N–H and O–H groups in total. The fourth-order valence-electron chi connectivity index (χ4n) is 2.95. The van der Waals surface area contributed by atoms with Crippen LogP contribution in [0.1, 0.15) is 70.1 Å². The third-order valence-corrected chi connectivity index (χ3v) is 8.78. The zero-order valence-corrected chi connectivity index (χ0v) is 19.3. The molecule has 0 saturated carbocycles. The van der Waals surface area contributed by atoms with E-state index in [0.29, 0.717) is 10.1 Å². The molecular weight excluding hydrogens is 409 g/mol. The molecule has 1 rings (SSSR count). The first-order valence-electron chi connectivity index (χ1n) is 9.53. The van der Waals surface area contributed by atoms with Gasteiger partial charge in [-0.1, -0.05) is 0 Å². The fourth-order valence-corrected chi connectivity index (χ4v) is 6.89. The number of unbranched alkanes of at least 4 members (excludes halogenated alkanes) is 2. The van der Waals surface area contributed by atoms with E-state index in [1.165, 1.54) is 22.9 Å². The molecular formula is C20H33N3OSSe. The summed E-state index contributed by atoms with van der Waals surface area (Å²) in [6, 6.07) is 6.48. The van der Waals surface area contributed by atoms with Crippen LogP contribution in [-0.2, 0) is 0 Å². The van der Waals surface area contributed by atoms with Gasteiger partial charge in [-0.25, -0.2) is 0 Å². The van der Waals surface area contributed by atoms with Crippen LogP contribution in [0.3, 0.4) is 0 Å². The van der Waals surface area contributed by atoms with Crippen molar-refractivity contribution in [1.29, 1.82) is 0 Å². The SMILES string of the molecule is CCCC[C@H]([Se]c1c(OC)cccc1[C@H](C)SC)[C@@H](CCCC)N=[N+]=[N-]. The van der Waals surface area contributed by atoms with E-state index in [2.05, 4.69) is 55.3 Å². The van der Waals surface area contributed by atoms with Crippen molar-refractivity contribution in [3.63, 3.8) is 0 Å². The number of benzene rings is 1. The van der Waals surface area contributed by atoms with Crippen LogP contribution in [0.5, 0.6) is 5.75 Å². The van der Waals surface area contributed by atoms with Crippen LogP contribution >= 0.6 is 11.8 Å². The van der Waals surface area contributed by atoms with E-state index >= 15 is 0 Å². The third-order valence-electron chi connectivity index (χ3n) is 4.61. The summed E-state index contributed by atoms with van der Waals surface area (Å²) >= 11 is 2.08. The van der Waals surface area contributed by atoms with Gasteiger partial charge in [0.1, 0.15) is 0 Å². The van der Waals surface area contributed by atoms with Crippen molar-refractivity contribution in [3.8, 4) is 5.75 Å². The summed E-state index contributed by atoms with van der Waals surface area (Å²) in [6.45, 7) is 6.67. The minimum absolute atomic E-state index is 0.0915. The Morgan fingerprint density at radius 3 is 2.50 bits per heavy atom. The number of nitrogens with zero attached hydrogens (tertiary/aromatic N) is 3. The number of hydrogen-bond acceptors (Lipinski definition) is 3. The van der Waals surface area contributed by atoms with Crippen LogP contribution in [0.2, 0.25) is 4.82 Å². The molecule has 0 radical (unpaired) electrons. The first-order valence-corrected chi connectivity index (χ1v) is 12.7.